The number of likely N-dealkylation sites (tertiary alicyclic amines) is 1. The largest absolute Gasteiger partial charge is 0.463 e. The van der Waals surface area contributed by atoms with Gasteiger partial charge in [-0.2, -0.15) is 15.2 Å². The second-order valence-electron chi connectivity index (χ2n) is 10.7. The number of benzene rings is 2. The first-order chi connectivity index (χ1) is 20.6. The molecule has 5 aromatic rings. The standard InChI is InChI=1S/C30H27ClF2N8OS/c1-14(16-5-4-8-37-27(16)35)41(3)29-18-9-20(31)23(17-6-7-21(32)26-22(17)19(10-34)28(36)43-26)24(33)25(18)38-30(39-29)42-13-15-11-40(2)12-15/h4-9,14-15H,11-13,36H2,1-3H3,(H2,35,37)/t14-/m1/s1. The van der Waals surface area contributed by atoms with Gasteiger partial charge >= 0.3 is 6.01 Å². The first kappa shape index (κ1) is 28.8. The summed E-state index contributed by atoms with van der Waals surface area (Å²) in [6, 6.07) is 9.54. The van der Waals surface area contributed by atoms with Crippen LogP contribution in [-0.2, 0) is 0 Å². The molecule has 0 saturated carbocycles. The summed E-state index contributed by atoms with van der Waals surface area (Å²) in [5.74, 6) is -0.299. The molecule has 1 saturated heterocycles. The van der Waals surface area contributed by atoms with Gasteiger partial charge in [0, 0.05) is 54.2 Å². The lowest BCUT2D eigenvalue weighted by Gasteiger charge is -2.35. The molecule has 6 rings (SSSR count). The second kappa shape index (κ2) is 11.1. The van der Waals surface area contributed by atoms with Crippen LogP contribution in [-0.4, -0.2) is 53.6 Å². The third-order valence-electron chi connectivity index (χ3n) is 7.87. The number of nitrogens with two attached hydrogens (primary N) is 2. The molecule has 0 unspecified atom stereocenters. The van der Waals surface area contributed by atoms with E-state index in [-0.39, 0.29) is 54.4 Å². The highest BCUT2D eigenvalue weighted by Gasteiger charge is 2.28. The Hall–Kier alpha value is -4.31. The lowest BCUT2D eigenvalue weighted by Crippen LogP contribution is -2.46. The third-order valence-corrected chi connectivity index (χ3v) is 9.19. The molecular formula is C30H27ClF2N8OS. The van der Waals surface area contributed by atoms with Gasteiger partial charge in [0.15, 0.2) is 5.82 Å². The number of halogens is 3. The van der Waals surface area contributed by atoms with E-state index in [1.54, 1.807) is 25.4 Å². The Balaban J connectivity index is 1.55. The van der Waals surface area contributed by atoms with E-state index in [9.17, 15) is 9.65 Å². The molecule has 9 nitrogen and oxygen atoms in total. The van der Waals surface area contributed by atoms with Crippen molar-refractivity contribution >= 4 is 60.6 Å². The smallest absolute Gasteiger partial charge is 0.319 e. The van der Waals surface area contributed by atoms with Crippen molar-refractivity contribution in [2.75, 3.05) is 50.2 Å². The summed E-state index contributed by atoms with van der Waals surface area (Å²) in [7, 11) is 3.83. The van der Waals surface area contributed by atoms with Gasteiger partial charge in [-0.25, -0.2) is 13.8 Å². The molecule has 1 fully saturated rings. The van der Waals surface area contributed by atoms with Crippen molar-refractivity contribution in [1.29, 1.82) is 5.26 Å². The van der Waals surface area contributed by atoms with Crippen LogP contribution in [0.25, 0.3) is 32.1 Å². The van der Waals surface area contributed by atoms with Crippen molar-refractivity contribution in [2.45, 2.75) is 13.0 Å². The van der Waals surface area contributed by atoms with E-state index in [4.69, 9.17) is 27.8 Å². The highest BCUT2D eigenvalue weighted by molar-refractivity contribution is 7.23. The van der Waals surface area contributed by atoms with E-state index in [1.807, 2.05) is 31.0 Å². The van der Waals surface area contributed by atoms with Crippen molar-refractivity contribution in [2.24, 2.45) is 5.92 Å². The topological polar surface area (TPSA) is 130 Å². The molecule has 13 heteroatoms. The summed E-state index contributed by atoms with van der Waals surface area (Å²) >= 11 is 7.71. The average Bonchev–Trinajstić information content (AvgIpc) is 3.32. The number of pyridine rings is 1. The Morgan fingerprint density at radius 2 is 2.02 bits per heavy atom. The SMILES string of the molecule is C[C@H](c1cccnc1N)N(C)c1nc(OCC2CN(C)C2)nc2c(F)c(-c3ccc(F)c4sc(N)c(C#N)c34)c(Cl)cc12. The summed E-state index contributed by atoms with van der Waals surface area (Å²) in [6.07, 6.45) is 1.61. The van der Waals surface area contributed by atoms with Crippen LogP contribution >= 0.6 is 22.9 Å². The zero-order chi connectivity index (χ0) is 30.6. The number of thiophene rings is 1. The zero-order valence-electron chi connectivity index (χ0n) is 23.5. The number of aromatic nitrogens is 3. The van der Waals surface area contributed by atoms with Crippen LogP contribution in [0.5, 0.6) is 6.01 Å². The molecular weight excluding hydrogens is 594 g/mol. The van der Waals surface area contributed by atoms with Crippen LogP contribution in [0.3, 0.4) is 0 Å². The number of rotatable bonds is 7. The normalized spacial score (nSPS) is 14.5. The minimum Gasteiger partial charge on any atom is -0.463 e. The molecule has 1 aliphatic rings. The van der Waals surface area contributed by atoms with Gasteiger partial charge in [0.1, 0.15) is 34.0 Å². The molecule has 43 heavy (non-hydrogen) atoms. The maximum absolute atomic E-state index is 16.7. The van der Waals surface area contributed by atoms with E-state index < -0.39 is 11.6 Å². The van der Waals surface area contributed by atoms with Gasteiger partial charge < -0.3 is 26.0 Å². The summed E-state index contributed by atoms with van der Waals surface area (Å²) in [4.78, 5) is 17.4. The maximum Gasteiger partial charge on any atom is 0.319 e. The molecule has 0 amide bonds. The fourth-order valence-electron chi connectivity index (χ4n) is 5.55. The van der Waals surface area contributed by atoms with Gasteiger partial charge in [-0.15, -0.1) is 11.3 Å². The average molecular weight is 621 g/mol. The first-order valence-electron chi connectivity index (χ1n) is 13.4. The Bertz CT molecular complexity index is 1940. The van der Waals surface area contributed by atoms with E-state index >= 15 is 4.39 Å². The number of nitrogen functional groups attached to an aromatic ring is 2. The maximum atomic E-state index is 16.7. The monoisotopic (exact) mass is 620 g/mol. The fourth-order valence-corrected chi connectivity index (χ4v) is 6.79. The number of hydrogen-bond donors (Lipinski definition) is 2. The molecule has 220 valence electrons. The predicted molar refractivity (Wildman–Crippen MR) is 166 cm³/mol. The highest BCUT2D eigenvalue weighted by Crippen LogP contribution is 2.46. The molecule has 0 aliphatic carbocycles. The second-order valence-corrected chi connectivity index (χ2v) is 12.1. The van der Waals surface area contributed by atoms with Gasteiger partial charge in [0.25, 0.3) is 0 Å². The summed E-state index contributed by atoms with van der Waals surface area (Å²) in [6.45, 7) is 4.04. The van der Waals surface area contributed by atoms with Crippen LogP contribution in [0, 0.1) is 28.9 Å². The van der Waals surface area contributed by atoms with Gasteiger partial charge in [-0.05, 0) is 37.7 Å². The van der Waals surface area contributed by atoms with Gasteiger partial charge in [-0.1, -0.05) is 23.7 Å². The van der Waals surface area contributed by atoms with E-state index in [2.05, 4.69) is 19.9 Å². The Morgan fingerprint density at radius 1 is 1.26 bits per heavy atom. The molecule has 1 aliphatic heterocycles. The van der Waals surface area contributed by atoms with Gasteiger partial charge in [0.05, 0.1) is 27.9 Å². The molecule has 4 heterocycles. The van der Waals surface area contributed by atoms with Crippen LogP contribution in [0.15, 0.2) is 36.5 Å². The third kappa shape index (κ3) is 4.93. The zero-order valence-corrected chi connectivity index (χ0v) is 25.1. The van der Waals surface area contributed by atoms with Crippen LogP contribution in [0.2, 0.25) is 5.02 Å². The first-order valence-corrected chi connectivity index (χ1v) is 14.6. The predicted octanol–water partition coefficient (Wildman–Crippen LogP) is 6.01. The molecule has 4 N–H and O–H groups in total. The highest BCUT2D eigenvalue weighted by atomic mass is 35.5. The van der Waals surface area contributed by atoms with Gasteiger partial charge in [-0.3, -0.25) is 0 Å². The number of hydrogen-bond acceptors (Lipinski definition) is 10. The quantitative estimate of drug-likeness (QED) is 0.224. The van der Waals surface area contributed by atoms with E-state index in [0.717, 1.165) is 30.0 Å². The van der Waals surface area contributed by atoms with Crippen molar-refractivity contribution in [1.82, 2.24) is 19.9 Å². The van der Waals surface area contributed by atoms with Crippen molar-refractivity contribution in [3.8, 4) is 23.2 Å². The summed E-state index contributed by atoms with van der Waals surface area (Å²) in [5.41, 5.74) is 13.2. The van der Waals surface area contributed by atoms with Crippen molar-refractivity contribution in [3.63, 3.8) is 0 Å². The summed E-state index contributed by atoms with van der Waals surface area (Å²) in [5, 5.41) is 10.5. The molecule has 0 radical (unpaired) electrons. The Morgan fingerprint density at radius 3 is 2.72 bits per heavy atom. The number of nitriles is 1. The lowest BCUT2D eigenvalue weighted by molar-refractivity contribution is 0.0819. The summed E-state index contributed by atoms with van der Waals surface area (Å²) < 4.78 is 37.7. The lowest BCUT2D eigenvalue weighted by atomic mass is 9.97. The molecule has 2 aromatic carbocycles. The van der Waals surface area contributed by atoms with Crippen LogP contribution < -0.4 is 21.1 Å². The number of fused-ring (bicyclic) bond motifs is 2. The van der Waals surface area contributed by atoms with Crippen LogP contribution in [0.1, 0.15) is 24.1 Å². The van der Waals surface area contributed by atoms with Crippen molar-refractivity contribution < 1.29 is 13.5 Å². The molecule has 0 spiro atoms. The van der Waals surface area contributed by atoms with Crippen molar-refractivity contribution in [3.05, 3.63) is 64.3 Å². The molecule has 1 atom stereocenters. The fraction of sp³-hybridized carbons (Fsp3) is 0.267. The number of nitrogens with zero attached hydrogens (tertiary/aromatic N) is 6. The molecule has 3 aromatic heterocycles. The van der Waals surface area contributed by atoms with E-state index in [1.165, 1.54) is 12.1 Å². The van der Waals surface area contributed by atoms with E-state index in [0.29, 0.717) is 29.5 Å². The van der Waals surface area contributed by atoms with Crippen LogP contribution in [0.4, 0.5) is 25.4 Å². The Kier molecular flexibility index (Phi) is 7.41. The Labute approximate surface area is 255 Å². The number of ether oxygens (including phenoxy) is 1. The minimum absolute atomic E-state index is 0.00387. The number of anilines is 3. The molecule has 0 bridgehead atoms. The minimum atomic E-state index is -0.761. The van der Waals surface area contributed by atoms with Gasteiger partial charge in [0.2, 0.25) is 0 Å².